The zero-order valence-corrected chi connectivity index (χ0v) is 23.6. The molecule has 0 aliphatic heterocycles. The van der Waals surface area contributed by atoms with Crippen molar-refractivity contribution in [3.63, 3.8) is 0 Å². The third-order valence-electron chi connectivity index (χ3n) is 5.92. The van der Waals surface area contributed by atoms with Gasteiger partial charge in [0.15, 0.2) is 11.5 Å². The molecule has 212 valence electrons. The molecule has 0 N–H and O–H groups in total. The molecule has 0 aliphatic carbocycles. The first-order chi connectivity index (χ1) is 19.7. The summed E-state index contributed by atoms with van der Waals surface area (Å²) < 4.78 is 21.2. The van der Waals surface area contributed by atoms with Gasteiger partial charge in [-0.05, 0) is 72.4 Å². The van der Waals surface area contributed by atoms with E-state index in [0.29, 0.717) is 11.3 Å². The number of methoxy groups -OCH3 is 1. The minimum Gasteiger partial charge on any atom is -0.423 e. The van der Waals surface area contributed by atoms with Crippen molar-refractivity contribution in [2.45, 2.75) is 33.1 Å². The molecule has 0 aromatic heterocycles. The van der Waals surface area contributed by atoms with Gasteiger partial charge in [0.05, 0.1) is 12.2 Å². The quantitative estimate of drug-likeness (QED) is 0.129. The SMILES string of the molecule is C=C(C)C(=O)Oc1ccc(-c2ccc(OC(=O)C(=C)COC)cc2)cc1OC(=O)/C=C/c1ccc(CCCC)cc1. The molecule has 0 radical (unpaired) electrons. The van der Waals surface area contributed by atoms with E-state index < -0.39 is 17.9 Å². The number of esters is 3. The third-order valence-corrected chi connectivity index (χ3v) is 5.92. The number of carbonyl (C=O) groups is 3. The lowest BCUT2D eigenvalue weighted by Crippen LogP contribution is -2.13. The zero-order chi connectivity index (χ0) is 29.8. The van der Waals surface area contributed by atoms with Crippen LogP contribution in [-0.2, 0) is 25.5 Å². The molecule has 3 aromatic carbocycles. The topological polar surface area (TPSA) is 88.1 Å². The summed E-state index contributed by atoms with van der Waals surface area (Å²) in [6.45, 7) is 11.0. The van der Waals surface area contributed by atoms with Crippen molar-refractivity contribution in [2.24, 2.45) is 0 Å². The molecule has 0 saturated carbocycles. The molecule has 0 unspecified atom stereocenters. The number of carbonyl (C=O) groups excluding carboxylic acids is 3. The number of unbranched alkanes of at least 4 members (excludes halogenated alkanes) is 1. The monoisotopic (exact) mass is 554 g/mol. The first-order valence-electron chi connectivity index (χ1n) is 13.2. The van der Waals surface area contributed by atoms with Crippen LogP contribution < -0.4 is 14.2 Å². The molecular formula is C34H34O7. The van der Waals surface area contributed by atoms with Crippen LogP contribution in [0.5, 0.6) is 17.2 Å². The van der Waals surface area contributed by atoms with Crippen LogP contribution >= 0.6 is 0 Å². The Morgan fingerprint density at radius 1 is 0.805 bits per heavy atom. The van der Waals surface area contributed by atoms with Crippen LogP contribution in [0.4, 0.5) is 0 Å². The van der Waals surface area contributed by atoms with Gasteiger partial charge in [0.1, 0.15) is 5.75 Å². The molecule has 0 spiro atoms. The Hall–Kier alpha value is -4.75. The predicted octanol–water partition coefficient (Wildman–Crippen LogP) is 6.90. The Morgan fingerprint density at radius 3 is 2.12 bits per heavy atom. The Balaban J connectivity index is 1.79. The molecule has 3 rings (SSSR count). The average Bonchev–Trinajstić information content (AvgIpc) is 2.96. The van der Waals surface area contributed by atoms with E-state index in [0.717, 1.165) is 30.4 Å². The lowest BCUT2D eigenvalue weighted by Gasteiger charge is -2.12. The molecule has 41 heavy (non-hydrogen) atoms. The summed E-state index contributed by atoms with van der Waals surface area (Å²) in [4.78, 5) is 37.0. The summed E-state index contributed by atoms with van der Waals surface area (Å²) in [5, 5.41) is 0. The Labute approximate surface area is 240 Å². The summed E-state index contributed by atoms with van der Waals surface area (Å²) in [7, 11) is 1.47. The second-order valence-electron chi connectivity index (χ2n) is 9.38. The lowest BCUT2D eigenvalue weighted by molar-refractivity contribution is -0.132. The van der Waals surface area contributed by atoms with Crippen LogP contribution in [0.25, 0.3) is 17.2 Å². The molecular weight excluding hydrogens is 520 g/mol. The van der Waals surface area contributed by atoms with Crippen molar-refractivity contribution in [1.29, 1.82) is 0 Å². The summed E-state index contributed by atoms with van der Waals surface area (Å²) in [5.41, 5.74) is 3.92. The van der Waals surface area contributed by atoms with Crippen LogP contribution in [0.2, 0.25) is 0 Å². The fraction of sp³-hybridized carbons (Fsp3) is 0.206. The van der Waals surface area contributed by atoms with Crippen LogP contribution in [0.15, 0.2) is 97.1 Å². The first kappa shape index (κ1) is 30.8. The van der Waals surface area contributed by atoms with Crippen LogP contribution in [0.1, 0.15) is 37.8 Å². The number of hydrogen-bond donors (Lipinski definition) is 0. The molecule has 0 fully saturated rings. The van der Waals surface area contributed by atoms with E-state index in [2.05, 4.69) is 20.1 Å². The molecule has 7 heteroatoms. The summed E-state index contributed by atoms with van der Waals surface area (Å²) in [6.07, 6.45) is 6.25. The Morgan fingerprint density at radius 2 is 1.49 bits per heavy atom. The number of hydrogen-bond acceptors (Lipinski definition) is 7. The highest BCUT2D eigenvalue weighted by Gasteiger charge is 2.16. The van der Waals surface area contributed by atoms with Gasteiger partial charge in [-0.2, -0.15) is 0 Å². The third kappa shape index (κ3) is 9.44. The van der Waals surface area contributed by atoms with E-state index in [9.17, 15) is 14.4 Å². The number of rotatable bonds is 13. The molecule has 0 aliphatic rings. The average molecular weight is 555 g/mol. The maximum atomic E-state index is 12.7. The standard InChI is InChI=1S/C34H34O7/c1-6-7-8-25-9-11-26(12-10-25)13-20-32(35)40-31-21-28(16-19-30(31)41-33(36)23(2)3)27-14-17-29(18-15-27)39-34(37)24(4)22-38-5/h9-21H,2,4,6-8,22H2,1,3,5H3/b20-13+. The van der Waals surface area contributed by atoms with E-state index in [1.54, 1.807) is 48.5 Å². The van der Waals surface area contributed by atoms with E-state index >= 15 is 0 Å². The van der Waals surface area contributed by atoms with E-state index in [4.69, 9.17) is 18.9 Å². The molecule has 0 saturated heterocycles. The first-order valence-corrected chi connectivity index (χ1v) is 13.2. The van der Waals surface area contributed by atoms with Crippen LogP contribution in [0, 0.1) is 0 Å². The summed E-state index contributed by atoms with van der Waals surface area (Å²) in [5.74, 6) is -1.39. The molecule has 0 amide bonds. The van der Waals surface area contributed by atoms with Gasteiger partial charge in [0.2, 0.25) is 0 Å². The second kappa shape index (κ2) is 15.1. The fourth-order valence-corrected chi connectivity index (χ4v) is 3.65. The number of aryl methyl sites for hydroxylation is 1. The normalized spacial score (nSPS) is 10.7. The van der Waals surface area contributed by atoms with Crippen LogP contribution in [-0.4, -0.2) is 31.6 Å². The molecule has 7 nitrogen and oxygen atoms in total. The van der Waals surface area contributed by atoms with Gasteiger partial charge in [-0.15, -0.1) is 0 Å². The summed E-state index contributed by atoms with van der Waals surface area (Å²) in [6, 6.07) is 19.6. The maximum absolute atomic E-state index is 12.7. The smallest absolute Gasteiger partial charge is 0.341 e. The van der Waals surface area contributed by atoms with Gasteiger partial charge >= 0.3 is 17.9 Å². The van der Waals surface area contributed by atoms with Crippen molar-refractivity contribution in [1.82, 2.24) is 0 Å². The Kier molecular flexibility index (Phi) is 11.4. The van der Waals surface area contributed by atoms with Crippen molar-refractivity contribution in [2.75, 3.05) is 13.7 Å². The molecule has 0 atom stereocenters. The van der Waals surface area contributed by atoms with Gasteiger partial charge in [-0.25, -0.2) is 14.4 Å². The minimum absolute atomic E-state index is 0.0630. The fourth-order valence-electron chi connectivity index (χ4n) is 3.65. The highest BCUT2D eigenvalue weighted by molar-refractivity contribution is 5.92. The zero-order valence-electron chi connectivity index (χ0n) is 23.6. The van der Waals surface area contributed by atoms with Crippen molar-refractivity contribution in [3.05, 3.63) is 108 Å². The summed E-state index contributed by atoms with van der Waals surface area (Å²) >= 11 is 0. The minimum atomic E-state index is -0.644. The predicted molar refractivity (Wildman–Crippen MR) is 159 cm³/mol. The Bertz CT molecular complexity index is 1430. The van der Waals surface area contributed by atoms with Crippen molar-refractivity contribution < 1.29 is 33.3 Å². The highest BCUT2D eigenvalue weighted by atomic mass is 16.6. The van der Waals surface area contributed by atoms with Gasteiger partial charge in [-0.1, -0.05) is 69.0 Å². The van der Waals surface area contributed by atoms with Gasteiger partial charge in [0, 0.05) is 18.8 Å². The van der Waals surface area contributed by atoms with Crippen molar-refractivity contribution in [3.8, 4) is 28.4 Å². The lowest BCUT2D eigenvalue weighted by atomic mass is 10.0. The van der Waals surface area contributed by atoms with E-state index in [-0.39, 0.29) is 29.3 Å². The van der Waals surface area contributed by atoms with E-state index in [1.807, 2.05) is 24.3 Å². The second-order valence-corrected chi connectivity index (χ2v) is 9.38. The van der Waals surface area contributed by atoms with Gasteiger partial charge < -0.3 is 18.9 Å². The highest BCUT2D eigenvalue weighted by Crippen LogP contribution is 2.34. The van der Waals surface area contributed by atoms with Crippen molar-refractivity contribution >= 4 is 24.0 Å². The van der Waals surface area contributed by atoms with Crippen LogP contribution in [0.3, 0.4) is 0 Å². The maximum Gasteiger partial charge on any atom is 0.341 e. The van der Waals surface area contributed by atoms with E-state index in [1.165, 1.54) is 25.7 Å². The molecule has 0 bridgehead atoms. The molecule has 0 heterocycles. The largest absolute Gasteiger partial charge is 0.423 e. The van der Waals surface area contributed by atoms with Gasteiger partial charge in [-0.3, -0.25) is 0 Å². The molecule has 3 aromatic rings. The number of ether oxygens (including phenoxy) is 4. The van der Waals surface area contributed by atoms with Gasteiger partial charge in [0.25, 0.3) is 0 Å². The number of benzene rings is 3.